The molecule has 5 aromatic rings. The van der Waals surface area contributed by atoms with Gasteiger partial charge in [-0.2, -0.15) is 0 Å². The normalized spacial score (nSPS) is 11.6. The number of methoxy groups -OCH3 is 1. The van der Waals surface area contributed by atoms with E-state index in [-0.39, 0.29) is 41.7 Å². The fraction of sp³-hybridized carbons (Fsp3) is 0.158. The number of nitrogens with one attached hydrogen (secondary N) is 2. The fourth-order valence-corrected chi connectivity index (χ4v) is 6.12. The van der Waals surface area contributed by atoms with Gasteiger partial charge in [0.2, 0.25) is 5.91 Å². The van der Waals surface area contributed by atoms with E-state index in [9.17, 15) is 22.4 Å². The molecule has 0 bridgehead atoms. The van der Waals surface area contributed by atoms with Crippen LogP contribution in [-0.4, -0.2) is 44.9 Å². The Balaban J connectivity index is 1.33. The zero-order valence-electron chi connectivity index (χ0n) is 26.8. The summed E-state index contributed by atoms with van der Waals surface area (Å²) in [6.07, 6.45) is 0.265. The van der Waals surface area contributed by atoms with Crippen LogP contribution in [-0.2, 0) is 39.1 Å². The maximum absolute atomic E-state index is 13.9. The highest BCUT2D eigenvalue weighted by Crippen LogP contribution is 2.21. The number of anilines is 1. The summed E-state index contributed by atoms with van der Waals surface area (Å²) >= 11 is 0. The lowest BCUT2D eigenvalue weighted by atomic mass is 10.0. The Bertz CT molecular complexity index is 1920. The molecule has 1 atom stereocenters. The number of halogens is 1. The van der Waals surface area contributed by atoms with E-state index in [2.05, 4.69) is 10.0 Å². The molecule has 0 saturated carbocycles. The molecule has 5 aromatic carbocycles. The molecular weight excluding hydrogens is 645 g/mol. The van der Waals surface area contributed by atoms with Gasteiger partial charge in [0, 0.05) is 25.2 Å². The monoisotopic (exact) mass is 681 g/mol. The van der Waals surface area contributed by atoms with Crippen molar-refractivity contribution < 1.29 is 31.9 Å². The van der Waals surface area contributed by atoms with Gasteiger partial charge in [-0.05, 0) is 77.4 Å². The van der Waals surface area contributed by atoms with Gasteiger partial charge in [-0.15, -0.1) is 0 Å². The number of benzene rings is 5. The minimum absolute atomic E-state index is 0.0438. The zero-order valence-corrected chi connectivity index (χ0v) is 27.6. The van der Waals surface area contributed by atoms with E-state index in [1.165, 1.54) is 41.3 Å². The topological polar surface area (TPSA) is 114 Å². The third-order valence-electron chi connectivity index (χ3n) is 7.69. The Morgan fingerprint density at radius 1 is 0.735 bits per heavy atom. The van der Waals surface area contributed by atoms with Gasteiger partial charge >= 0.3 is 0 Å². The second-order valence-electron chi connectivity index (χ2n) is 11.2. The summed E-state index contributed by atoms with van der Waals surface area (Å²) in [7, 11) is -2.37. The van der Waals surface area contributed by atoms with Crippen LogP contribution in [0.3, 0.4) is 0 Å². The Morgan fingerprint density at radius 2 is 1.33 bits per heavy atom. The maximum Gasteiger partial charge on any atom is 0.261 e. The highest BCUT2D eigenvalue weighted by molar-refractivity contribution is 7.92. The molecule has 0 aliphatic rings. The van der Waals surface area contributed by atoms with Crippen LogP contribution in [0.2, 0.25) is 0 Å². The van der Waals surface area contributed by atoms with Crippen molar-refractivity contribution in [3.05, 3.63) is 156 Å². The third-order valence-corrected chi connectivity index (χ3v) is 9.08. The van der Waals surface area contributed by atoms with Crippen molar-refractivity contribution in [3.8, 4) is 11.5 Å². The van der Waals surface area contributed by atoms with Crippen LogP contribution in [0.15, 0.2) is 138 Å². The number of rotatable bonds is 15. The first-order valence-corrected chi connectivity index (χ1v) is 17.0. The summed E-state index contributed by atoms with van der Waals surface area (Å²) < 4.78 is 52.4. The predicted molar refractivity (Wildman–Crippen MR) is 185 cm³/mol. The van der Waals surface area contributed by atoms with E-state index in [1.807, 2.05) is 84.9 Å². The van der Waals surface area contributed by atoms with E-state index in [1.54, 1.807) is 7.11 Å². The van der Waals surface area contributed by atoms with Crippen molar-refractivity contribution >= 4 is 27.5 Å². The zero-order chi connectivity index (χ0) is 34.6. The van der Waals surface area contributed by atoms with Gasteiger partial charge in [0.05, 0.1) is 12.0 Å². The van der Waals surface area contributed by atoms with Crippen molar-refractivity contribution in [1.82, 2.24) is 10.2 Å². The molecule has 2 amide bonds. The molecule has 0 aliphatic carbocycles. The maximum atomic E-state index is 13.9. The van der Waals surface area contributed by atoms with Gasteiger partial charge in [-0.3, -0.25) is 14.3 Å². The lowest BCUT2D eigenvalue weighted by molar-refractivity contribution is -0.142. The van der Waals surface area contributed by atoms with E-state index >= 15 is 0 Å². The summed E-state index contributed by atoms with van der Waals surface area (Å²) in [4.78, 5) is 29.3. The number of hydrogen-bond acceptors (Lipinski definition) is 6. The summed E-state index contributed by atoms with van der Waals surface area (Å²) in [6, 6.07) is 35.9. The minimum atomic E-state index is -3.96. The second kappa shape index (κ2) is 16.4. The number of ether oxygens (including phenoxy) is 2. The van der Waals surface area contributed by atoms with Crippen molar-refractivity contribution in [2.24, 2.45) is 0 Å². The van der Waals surface area contributed by atoms with Gasteiger partial charge < -0.3 is 19.7 Å². The van der Waals surface area contributed by atoms with E-state index < -0.39 is 34.4 Å². The van der Waals surface area contributed by atoms with Crippen molar-refractivity contribution in [2.75, 3.05) is 18.4 Å². The summed E-state index contributed by atoms with van der Waals surface area (Å²) in [5.41, 5.74) is 2.80. The quantitative estimate of drug-likeness (QED) is 0.141. The lowest BCUT2D eigenvalue weighted by Crippen LogP contribution is -2.51. The van der Waals surface area contributed by atoms with Crippen molar-refractivity contribution in [1.29, 1.82) is 0 Å². The number of nitrogens with zero attached hydrogens (tertiary/aromatic N) is 1. The first kappa shape index (κ1) is 34.6. The van der Waals surface area contributed by atoms with Crippen LogP contribution >= 0.6 is 0 Å². The molecular formula is C38H36FN3O6S. The third kappa shape index (κ3) is 9.91. The molecule has 0 radical (unpaired) electrons. The first-order valence-electron chi connectivity index (χ1n) is 15.5. The lowest BCUT2D eigenvalue weighted by Gasteiger charge is -2.31. The van der Waals surface area contributed by atoms with Crippen LogP contribution in [0.25, 0.3) is 0 Å². The number of carbonyl (C=O) groups is 2. The number of sulfonamides is 1. The van der Waals surface area contributed by atoms with Gasteiger partial charge in [-0.1, -0.05) is 72.8 Å². The molecule has 9 nitrogen and oxygen atoms in total. The molecule has 11 heteroatoms. The highest BCUT2D eigenvalue weighted by atomic mass is 32.2. The molecule has 2 N–H and O–H groups in total. The molecule has 49 heavy (non-hydrogen) atoms. The Morgan fingerprint density at radius 3 is 1.94 bits per heavy atom. The molecule has 0 aromatic heterocycles. The molecule has 0 heterocycles. The minimum Gasteiger partial charge on any atom is -0.497 e. The number of carbonyl (C=O) groups excluding carboxylic acids is 2. The molecule has 252 valence electrons. The fourth-order valence-electron chi connectivity index (χ4n) is 5.06. The van der Waals surface area contributed by atoms with Crippen molar-refractivity contribution in [3.63, 3.8) is 0 Å². The smallest absolute Gasteiger partial charge is 0.261 e. The van der Waals surface area contributed by atoms with Crippen LogP contribution in [0.4, 0.5) is 10.1 Å². The van der Waals surface area contributed by atoms with Crippen LogP contribution in [0.5, 0.6) is 11.5 Å². The summed E-state index contributed by atoms with van der Waals surface area (Å²) in [6.45, 7) is 0.00972. The van der Waals surface area contributed by atoms with Gasteiger partial charge in [0.1, 0.15) is 23.4 Å². The van der Waals surface area contributed by atoms with E-state index in [0.717, 1.165) is 28.8 Å². The van der Waals surface area contributed by atoms with E-state index in [0.29, 0.717) is 5.75 Å². The average Bonchev–Trinajstić information content (AvgIpc) is 3.13. The first-order chi connectivity index (χ1) is 23.7. The number of amides is 2. The largest absolute Gasteiger partial charge is 0.497 e. The van der Waals surface area contributed by atoms with Gasteiger partial charge in [0.15, 0.2) is 6.61 Å². The van der Waals surface area contributed by atoms with Crippen LogP contribution < -0.4 is 19.5 Å². The SMILES string of the molecule is COc1ccc(CNC(=O)[C@H](Cc2ccccc2)N(Cc2ccccc2)C(=O)COc2ccc(S(=O)(=O)Nc3ccc(F)cc3)cc2)cc1. The molecule has 0 spiro atoms. The Labute approximate surface area is 285 Å². The Hall–Kier alpha value is -5.68. The summed E-state index contributed by atoms with van der Waals surface area (Å²) in [5.74, 6) is -0.278. The molecule has 0 saturated heterocycles. The predicted octanol–water partition coefficient (Wildman–Crippen LogP) is 5.97. The molecule has 5 rings (SSSR count). The Kier molecular flexibility index (Phi) is 11.6. The van der Waals surface area contributed by atoms with Gasteiger partial charge in [-0.25, -0.2) is 12.8 Å². The van der Waals surface area contributed by atoms with Crippen LogP contribution in [0.1, 0.15) is 16.7 Å². The van der Waals surface area contributed by atoms with E-state index in [4.69, 9.17) is 9.47 Å². The molecule has 0 aliphatic heterocycles. The van der Waals surface area contributed by atoms with Crippen molar-refractivity contribution in [2.45, 2.75) is 30.4 Å². The molecule has 0 fully saturated rings. The summed E-state index contributed by atoms with van der Waals surface area (Å²) in [5, 5.41) is 3.00. The molecule has 0 unspecified atom stereocenters. The number of hydrogen-bond donors (Lipinski definition) is 2. The van der Waals surface area contributed by atoms with Gasteiger partial charge in [0.25, 0.3) is 15.9 Å². The highest BCUT2D eigenvalue weighted by Gasteiger charge is 2.30. The second-order valence-corrected chi connectivity index (χ2v) is 12.8. The average molecular weight is 682 g/mol. The standard InChI is InChI=1S/C38H36FN3O6S/c1-47-33-18-12-29(13-19-33)25-40-38(44)36(24-28-8-4-2-5-9-28)42(26-30-10-6-3-7-11-30)37(43)27-48-34-20-22-35(23-21-34)49(45,46)41-32-16-14-31(39)15-17-32/h2-23,36,41H,24-27H2,1H3,(H,40,44)/t36-/m0/s1. The van der Waals surface area contributed by atoms with Crippen LogP contribution in [0, 0.1) is 5.82 Å².